The van der Waals surface area contributed by atoms with Crippen molar-refractivity contribution in [3.05, 3.63) is 46.1 Å². The maximum absolute atomic E-state index is 11.5. The van der Waals surface area contributed by atoms with Gasteiger partial charge in [-0.05, 0) is 24.2 Å². The summed E-state index contributed by atoms with van der Waals surface area (Å²) in [5.41, 5.74) is 1.23. The van der Waals surface area contributed by atoms with Crippen LogP contribution in [0.15, 0.2) is 35.8 Å². The fraction of sp³-hybridized carbons (Fsp3) is 0.167. The van der Waals surface area contributed by atoms with E-state index < -0.39 is 5.97 Å². The first-order valence-corrected chi connectivity index (χ1v) is 5.94. The van der Waals surface area contributed by atoms with Gasteiger partial charge in [0.25, 0.3) is 5.69 Å². The van der Waals surface area contributed by atoms with Gasteiger partial charge in [-0.1, -0.05) is 16.3 Å². The van der Waals surface area contributed by atoms with Crippen molar-refractivity contribution in [1.82, 2.24) is 5.10 Å². The minimum atomic E-state index is -0.417. The van der Waals surface area contributed by atoms with Crippen molar-refractivity contribution in [2.75, 3.05) is 6.61 Å². The number of nitroso groups, excluding NO2 is 1. The molecule has 6 nitrogen and oxygen atoms in total. The van der Waals surface area contributed by atoms with Crippen LogP contribution in [0.4, 0.5) is 5.69 Å². The van der Waals surface area contributed by atoms with Crippen LogP contribution in [0, 0.1) is 4.91 Å². The first-order chi connectivity index (χ1) is 9.15. The molecular weight excluding hydrogens is 270 g/mol. The molecule has 1 N–H and O–H groups in total. The monoisotopic (exact) mass is 280 g/mol. The van der Waals surface area contributed by atoms with E-state index in [0.717, 1.165) is 0 Å². The summed E-state index contributed by atoms with van der Waals surface area (Å²) in [6, 6.07) is 4.61. The fourth-order valence-electron chi connectivity index (χ4n) is 1.57. The predicted molar refractivity (Wildman–Crippen MR) is 68.7 cm³/mol. The Morgan fingerprint density at radius 2 is 2.32 bits per heavy atom. The lowest BCUT2D eigenvalue weighted by Crippen LogP contribution is -2.31. The Labute approximate surface area is 113 Å². The molecule has 0 saturated carbocycles. The molecule has 2 rings (SSSR count). The summed E-state index contributed by atoms with van der Waals surface area (Å²) in [6.07, 6.45) is 3.08. The van der Waals surface area contributed by atoms with Gasteiger partial charge in [0.1, 0.15) is 16.3 Å². The molecule has 0 aliphatic heterocycles. The molecule has 0 radical (unpaired) electrons. The summed E-state index contributed by atoms with van der Waals surface area (Å²) in [5.74, 6) is -0.417. The zero-order valence-electron chi connectivity index (χ0n) is 10.1. The average molecular weight is 281 g/mol. The van der Waals surface area contributed by atoms with E-state index in [-0.39, 0.29) is 5.69 Å². The molecule has 98 valence electrons. The maximum atomic E-state index is 11.5. The Balaban J connectivity index is 2.32. The van der Waals surface area contributed by atoms with Gasteiger partial charge in [-0.3, -0.25) is 0 Å². The minimum absolute atomic E-state index is 0.242. The van der Waals surface area contributed by atoms with E-state index >= 15 is 0 Å². The molecular formula is C12H11ClN3O3+. The molecule has 0 fully saturated rings. The Morgan fingerprint density at radius 1 is 1.53 bits per heavy atom. The van der Waals surface area contributed by atoms with Crippen LogP contribution in [0.2, 0.25) is 5.02 Å². The van der Waals surface area contributed by atoms with E-state index in [1.54, 1.807) is 23.9 Å². The van der Waals surface area contributed by atoms with E-state index in [1.807, 2.05) is 0 Å². The van der Waals surface area contributed by atoms with Crippen molar-refractivity contribution in [3.63, 3.8) is 0 Å². The summed E-state index contributed by atoms with van der Waals surface area (Å²) in [6.45, 7) is 2.05. The third-order valence-electron chi connectivity index (χ3n) is 2.43. The second kappa shape index (κ2) is 5.62. The zero-order valence-corrected chi connectivity index (χ0v) is 10.8. The van der Waals surface area contributed by atoms with Crippen LogP contribution in [0.5, 0.6) is 0 Å². The van der Waals surface area contributed by atoms with Crippen LogP contribution in [0.3, 0.4) is 0 Å². The fourth-order valence-corrected chi connectivity index (χ4v) is 1.83. The lowest BCUT2D eigenvalue weighted by Gasteiger charge is -1.96. The lowest BCUT2D eigenvalue weighted by molar-refractivity contribution is -0.655. The van der Waals surface area contributed by atoms with Gasteiger partial charge in [0.15, 0.2) is 0 Å². The maximum Gasteiger partial charge on any atom is 0.346 e. The molecule has 1 aromatic carbocycles. The van der Waals surface area contributed by atoms with E-state index in [4.69, 9.17) is 16.3 Å². The van der Waals surface area contributed by atoms with Crippen LogP contribution < -0.4 is 4.68 Å². The van der Waals surface area contributed by atoms with Crippen LogP contribution in [-0.2, 0) is 4.74 Å². The SMILES string of the molecule is CCOC(=O)c1c[nH][n+](-c2ccc(N=O)cc2Cl)c1. The van der Waals surface area contributed by atoms with Crippen molar-refractivity contribution in [2.45, 2.75) is 6.92 Å². The highest BCUT2D eigenvalue weighted by Gasteiger charge is 2.19. The van der Waals surface area contributed by atoms with Crippen LogP contribution in [-0.4, -0.2) is 17.7 Å². The van der Waals surface area contributed by atoms with Gasteiger partial charge in [0, 0.05) is 6.07 Å². The molecule has 0 unspecified atom stereocenters. The molecule has 19 heavy (non-hydrogen) atoms. The number of hydrogen-bond donors (Lipinski definition) is 1. The number of aromatic amines is 1. The molecule has 0 atom stereocenters. The van der Waals surface area contributed by atoms with Crippen molar-refractivity contribution in [1.29, 1.82) is 0 Å². The highest BCUT2D eigenvalue weighted by molar-refractivity contribution is 6.32. The molecule has 0 bridgehead atoms. The third-order valence-corrected chi connectivity index (χ3v) is 2.74. The van der Waals surface area contributed by atoms with E-state index in [0.29, 0.717) is 22.9 Å². The smallest absolute Gasteiger partial charge is 0.346 e. The summed E-state index contributed by atoms with van der Waals surface area (Å²) in [7, 11) is 0. The Kier molecular flexibility index (Phi) is 3.91. The van der Waals surface area contributed by atoms with E-state index in [2.05, 4.69) is 10.3 Å². The Bertz CT molecular complexity index is 624. The van der Waals surface area contributed by atoms with Gasteiger partial charge in [0.2, 0.25) is 6.20 Å². The van der Waals surface area contributed by atoms with Gasteiger partial charge >= 0.3 is 5.97 Å². The highest BCUT2D eigenvalue weighted by atomic mass is 35.5. The van der Waals surface area contributed by atoms with Crippen molar-refractivity contribution in [2.24, 2.45) is 5.18 Å². The number of aromatic nitrogens is 2. The standard InChI is InChI=1S/C12H10ClN3O3/c1-2-19-12(17)8-6-14-16(7-8)11-4-3-9(15-18)5-10(11)13/h3-7H,2H2,1H3/p+1. The van der Waals surface area contributed by atoms with Crippen LogP contribution >= 0.6 is 11.6 Å². The van der Waals surface area contributed by atoms with Crippen molar-refractivity contribution < 1.29 is 14.2 Å². The van der Waals surface area contributed by atoms with Crippen molar-refractivity contribution >= 4 is 23.3 Å². The molecule has 0 spiro atoms. The van der Waals surface area contributed by atoms with Crippen molar-refractivity contribution in [3.8, 4) is 5.69 Å². The number of carbonyl (C=O) groups is 1. The number of halogens is 1. The molecule has 0 saturated heterocycles. The van der Waals surface area contributed by atoms with Gasteiger partial charge in [-0.2, -0.15) is 5.10 Å². The number of rotatable bonds is 4. The average Bonchev–Trinajstić information content (AvgIpc) is 2.88. The second-order valence-electron chi connectivity index (χ2n) is 3.68. The Hall–Kier alpha value is -2.21. The number of nitrogens with zero attached hydrogens (tertiary/aromatic N) is 2. The second-order valence-corrected chi connectivity index (χ2v) is 4.08. The summed E-state index contributed by atoms with van der Waals surface area (Å²) < 4.78 is 6.44. The summed E-state index contributed by atoms with van der Waals surface area (Å²) in [5, 5.41) is 6.00. The molecule has 0 aliphatic rings. The number of esters is 1. The molecule has 1 heterocycles. The van der Waals surface area contributed by atoms with E-state index in [1.165, 1.54) is 18.3 Å². The summed E-state index contributed by atoms with van der Waals surface area (Å²) in [4.78, 5) is 21.9. The highest BCUT2D eigenvalue weighted by Crippen LogP contribution is 2.22. The normalized spacial score (nSPS) is 10.2. The number of hydrogen-bond acceptors (Lipinski definition) is 4. The number of ether oxygens (including phenoxy) is 1. The quantitative estimate of drug-likeness (QED) is 0.531. The van der Waals surface area contributed by atoms with Gasteiger partial charge in [0.05, 0.1) is 12.8 Å². The zero-order chi connectivity index (χ0) is 13.8. The van der Waals surface area contributed by atoms with Gasteiger partial charge in [-0.25, -0.2) is 4.79 Å². The number of carbonyl (C=O) groups excluding carboxylic acids is 1. The summed E-state index contributed by atoms with van der Waals surface area (Å²) >= 11 is 6.04. The number of benzene rings is 1. The van der Waals surface area contributed by atoms with Crippen LogP contribution in [0.1, 0.15) is 17.3 Å². The Morgan fingerprint density at radius 3 is 2.95 bits per heavy atom. The number of H-pyrrole nitrogens is 1. The first kappa shape index (κ1) is 13.2. The van der Waals surface area contributed by atoms with Gasteiger partial charge < -0.3 is 4.74 Å². The van der Waals surface area contributed by atoms with E-state index in [9.17, 15) is 9.70 Å². The van der Waals surface area contributed by atoms with Crippen LogP contribution in [0.25, 0.3) is 5.69 Å². The largest absolute Gasteiger partial charge is 0.462 e. The predicted octanol–water partition coefficient (Wildman–Crippen LogP) is 2.52. The molecule has 1 aromatic heterocycles. The first-order valence-electron chi connectivity index (χ1n) is 5.56. The molecule has 0 aliphatic carbocycles. The molecule has 2 aromatic rings. The number of nitrogens with one attached hydrogen (secondary N) is 1. The van der Waals surface area contributed by atoms with Gasteiger partial charge in [-0.15, -0.1) is 4.91 Å². The lowest BCUT2D eigenvalue weighted by atomic mass is 10.3. The third kappa shape index (κ3) is 2.79. The topological polar surface area (TPSA) is 75.4 Å². The minimum Gasteiger partial charge on any atom is -0.462 e. The molecule has 7 heteroatoms. The molecule has 0 amide bonds.